The number of imidazole rings is 1. The molecule has 0 spiro atoms. The van der Waals surface area contributed by atoms with E-state index in [-0.39, 0.29) is 13.2 Å². The summed E-state index contributed by atoms with van der Waals surface area (Å²) in [6.07, 6.45) is 4.65. The number of benzene rings is 1. The van der Waals surface area contributed by atoms with Crippen LogP contribution in [0.3, 0.4) is 0 Å². The largest absolute Gasteiger partial charge is 0.495 e. The Morgan fingerprint density at radius 2 is 2.26 bits per heavy atom. The Morgan fingerprint density at radius 3 is 3.00 bits per heavy atom. The molecule has 0 saturated carbocycles. The summed E-state index contributed by atoms with van der Waals surface area (Å²) in [7, 11) is 1.58. The van der Waals surface area contributed by atoms with E-state index in [4.69, 9.17) is 9.84 Å². The van der Waals surface area contributed by atoms with Gasteiger partial charge in [-0.25, -0.2) is 9.97 Å². The smallest absolute Gasteiger partial charge is 0.234 e. The molecular formula is C16H18N4O3. The van der Waals surface area contributed by atoms with E-state index in [2.05, 4.69) is 15.3 Å². The molecule has 3 rings (SSSR count). The number of ether oxygens (including phenoxy) is 1. The van der Waals surface area contributed by atoms with E-state index < -0.39 is 6.10 Å². The molecule has 0 fully saturated rings. The Hall–Kier alpha value is -2.64. The maximum atomic E-state index is 9.49. The van der Waals surface area contributed by atoms with Crippen LogP contribution < -0.4 is 10.1 Å². The summed E-state index contributed by atoms with van der Waals surface area (Å²) in [5, 5.41) is 21.5. The average Bonchev–Trinajstić information content (AvgIpc) is 3.03. The van der Waals surface area contributed by atoms with Gasteiger partial charge in [0.1, 0.15) is 5.75 Å². The second-order valence-electron chi connectivity index (χ2n) is 5.09. The minimum Gasteiger partial charge on any atom is -0.495 e. The van der Waals surface area contributed by atoms with Gasteiger partial charge in [-0.15, -0.1) is 0 Å². The molecule has 0 saturated heterocycles. The Kier molecular flexibility index (Phi) is 4.40. The van der Waals surface area contributed by atoms with Gasteiger partial charge in [-0.3, -0.25) is 4.40 Å². The van der Waals surface area contributed by atoms with Gasteiger partial charge in [0.2, 0.25) is 5.78 Å². The molecule has 0 aliphatic heterocycles. The highest BCUT2D eigenvalue weighted by molar-refractivity contribution is 5.70. The van der Waals surface area contributed by atoms with Crippen LogP contribution in [0.1, 0.15) is 0 Å². The third-order valence-corrected chi connectivity index (χ3v) is 3.47. The van der Waals surface area contributed by atoms with Gasteiger partial charge in [-0.1, -0.05) is 0 Å². The number of hydrogen-bond donors (Lipinski definition) is 3. The number of nitrogens with zero attached hydrogens (tertiary/aromatic N) is 3. The summed E-state index contributed by atoms with van der Waals surface area (Å²) < 4.78 is 7.17. The van der Waals surface area contributed by atoms with Gasteiger partial charge in [-0.2, -0.15) is 0 Å². The zero-order chi connectivity index (χ0) is 16.2. The highest BCUT2D eigenvalue weighted by Gasteiger charge is 2.10. The van der Waals surface area contributed by atoms with Crippen LogP contribution in [-0.2, 0) is 0 Å². The Balaban J connectivity index is 1.93. The standard InChI is InChI=1S/C16H18N4O3/c1-23-15-4-3-11(7-13(15)18-8-12(22)10-21)14-9-20-6-2-5-17-16(20)19-14/h2-7,9,12,18,21-22H,8,10H2,1H3. The Morgan fingerprint density at radius 1 is 1.39 bits per heavy atom. The Bertz CT molecular complexity index is 770. The monoisotopic (exact) mass is 314 g/mol. The van der Waals surface area contributed by atoms with Crippen molar-refractivity contribution in [2.75, 3.05) is 25.6 Å². The summed E-state index contributed by atoms with van der Waals surface area (Å²) in [6.45, 7) is -0.0733. The van der Waals surface area contributed by atoms with Gasteiger partial charge in [0.25, 0.3) is 0 Å². The van der Waals surface area contributed by atoms with Gasteiger partial charge < -0.3 is 20.3 Å². The first-order chi connectivity index (χ1) is 11.2. The molecule has 7 heteroatoms. The zero-order valence-corrected chi connectivity index (χ0v) is 12.7. The van der Waals surface area contributed by atoms with Crippen molar-refractivity contribution in [3.63, 3.8) is 0 Å². The van der Waals surface area contributed by atoms with Crippen LogP contribution >= 0.6 is 0 Å². The van der Waals surface area contributed by atoms with Crippen molar-refractivity contribution in [1.82, 2.24) is 14.4 Å². The maximum absolute atomic E-state index is 9.49. The van der Waals surface area contributed by atoms with E-state index in [9.17, 15) is 5.11 Å². The topological polar surface area (TPSA) is 91.9 Å². The first-order valence-electron chi connectivity index (χ1n) is 7.22. The fourth-order valence-corrected chi connectivity index (χ4v) is 2.27. The molecule has 23 heavy (non-hydrogen) atoms. The van der Waals surface area contributed by atoms with E-state index in [0.29, 0.717) is 11.5 Å². The molecule has 0 amide bonds. The number of methoxy groups -OCH3 is 1. The molecule has 1 aromatic carbocycles. The number of hydrogen-bond acceptors (Lipinski definition) is 6. The number of fused-ring (bicyclic) bond motifs is 1. The van der Waals surface area contributed by atoms with Gasteiger partial charge in [0.15, 0.2) is 0 Å². The summed E-state index contributed by atoms with van der Waals surface area (Å²) in [5.74, 6) is 1.28. The molecule has 7 nitrogen and oxygen atoms in total. The third-order valence-electron chi connectivity index (χ3n) is 3.47. The summed E-state index contributed by atoms with van der Waals surface area (Å²) >= 11 is 0. The van der Waals surface area contributed by atoms with Crippen LogP contribution in [0.4, 0.5) is 5.69 Å². The number of nitrogens with one attached hydrogen (secondary N) is 1. The molecule has 0 radical (unpaired) electrons. The second-order valence-corrected chi connectivity index (χ2v) is 5.09. The van der Waals surface area contributed by atoms with Crippen molar-refractivity contribution < 1.29 is 14.9 Å². The molecule has 1 unspecified atom stereocenters. The van der Waals surface area contributed by atoms with Crippen LogP contribution in [-0.4, -0.2) is 50.9 Å². The molecule has 2 aromatic heterocycles. The lowest BCUT2D eigenvalue weighted by atomic mass is 10.1. The number of rotatable bonds is 6. The lowest BCUT2D eigenvalue weighted by Gasteiger charge is -2.14. The minimum atomic E-state index is -0.831. The highest BCUT2D eigenvalue weighted by Crippen LogP contribution is 2.30. The lowest BCUT2D eigenvalue weighted by Crippen LogP contribution is -2.23. The van der Waals surface area contributed by atoms with Crippen LogP contribution in [0, 0.1) is 0 Å². The minimum absolute atomic E-state index is 0.225. The molecular weight excluding hydrogens is 296 g/mol. The fourth-order valence-electron chi connectivity index (χ4n) is 2.27. The average molecular weight is 314 g/mol. The molecule has 2 heterocycles. The molecule has 120 valence electrons. The molecule has 3 aromatic rings. The van der Waals surface area contributed by atoms with Crippen LogP contribution in [0.25, 0.3) is 17.0 Å². The molecule has 0 aliphatic carbocycles. The normalized spacial score (nSPS) is 12.3. The first-order valence-corrected chi connectivity index (χ1v) is 7.22. The predicted molar refractivity (Wildman–Crippen MR) is 86.6 cm³/mol. The van der Waals surface area contributed by atoms with Gasteiger partial charge in [-0.05, 0) is 24.3 Å². The van der Waals surface area contributed by atoms with Crippen molar-refractivity contribution in [3.05, 3.63) is 42.9 Å². The summed E-state index contributed by atoms with van der Waals surface area (Å²) in [4.78, 5) is 8.69. The van der Waals surface area contributed by atoms with E-state index >= 15 is 0 Å². The summed E-state index contributed by atoms with van der Waals surface area (Å²) in [6, 6.07) is 7.48. The molecule has 0 aliphatic rings. The van der Waals surface area contributed by atoms with Crippen LogP contribution in [0.5, 0.6) is 5.75 Å². The highest BCUT2D eigenvalue weighted by atomic mass is 16.5. The van der Waals surface area contributed by atoms with Crippen molar-refractivity contribution in [1.29, 1.82) is 0 Å². The van der Waals surface area contributed by atoms with Crippen molar-refractivity contribution >= 4 is 11.5 Å². The van der Waals surface area contributed by atoms with E-state index in [0.717, 1.165) is 16.9 Å². The van der Waals surface area contributed by atoms with Crippen molar-refractivity contribution in [3.8, 4) is 17.0 Å². The predicted octanol–water partition coefficient (Wildman–Crippen LogP) is 1.17. The molecule has 3 N–H and O–H groups in total. The van der Waals surface area contributed by atoms with Crippen molar-refractivity contribution in [2.45, 2.75) is 6.10 Å². The summed E-state index contributed by atoms with van der Waals surface area (Å²) in [5.41, 5.74) is 2.41. The second kappa shape index (κ2) is 6.64. The van der Waals surface area contributed by atoms with Crippen LogP contribution in [0.15, 0.2) is 42.9 Å². The number of anilines is 1. The van der Waals surface area contributed by atoms with Gasteiger partial charge in [0.05, 0.1) is 31.2 Å². The quantitative estimate of drug-likeness (QED) is 0.632. The number of aromatic nitrogens is 3. The van der Waals surface area contributed by atoms with E-state index in [1.165, 1.54) is 0 Å². The molecule has 0 bridgehead atoms. The van der Waals surface area contributed by atoms with Crippen molar-refractivity contribution in [2.24, 2.45) is 0 Å². The number of aliphatic hydroxyl groups is 2. The van der Waals surface area contributed by atoms with Gasteiger partial charge in [0, 0.05) is 30.7 Å². The zero-order valence-electron chi connectivity index (χ0n) is 12.7. The Labute approximate surface area is 133 Å². The van der Waals surface area contributed by atoms with Gasteiger partial charge >= 0.3 is 0 Å². The molecule has 1 atom stereocenters. The van der Waals surface area contributed by atoms with Crippen LogP contribution in [0.2, 0.25) is 0 Å². The lowest BCUT2D eigenvalue weighted by molar-refractivity contribution is 0.105. The first kappa shape index (κ1) is 15.3. The maximum Gasteiger partial charge on any atom is 0.234 e. The van der Waals surface area contributed by atoms with E-state index in [1.807, 2.05) is 41.1 Å². The number of aliphatic hydroxyl groups excluding tert-OH is 2. The fraction of sp³-hybridized carbons (Fsp3) is 0.250. The van der Waals surface area contributed by atoms with E-state index in [1.54, 1.807) is 13.3 Å². The third kappa shape index (κ3) is 3.25. The SMILES string of the molecule is COc1ccc(-c2cn3cccnc3n2)cc1NCC(O)CO.